The first-order chi connectivity index (χ1) is 9.11. The zero-order valence-electron chi connectivity index (χ0n) is 11.0. The number of rotatable bonds is 3. The molecule has 1 fully saturated rings. The molecule has 0 N–H and O–H groups in total. The van der Waals surface area contributed by atoms with Crippen LogP contribution in [0.3, 0.4) is 0 Å². The van der Waals surface area contributed by atoms with Crippen LogP contribution in [0.25, 0.3) is 0 Å². The maximum Gasteiger partial charge on any atom is 0.308 e. The third kappa shape index (κ3) is 3.33. The number of aryl methyl sites for hydroxylation is 1. The fourth-order valence-corrected chi connectivity index (χ4v) is 2.87. The summed E-state index contributed by atoms with van der Waals surface area (Å²) in [4.78, 5) is 25.3. The van der Waals surface area contributed by atoms with Gasteiger partial charge in [-0.3, -0.25) is 9.59 Å². The van der Waals surface area contributed by atoms with E-state index in [1.165, 1.54) is 18.4 Å². The Bertz CT molecular complexity index is 471. The van der Waals surface area contributed by atoms with Crippen molar-refractivity contribution in [2.75, 3.05) is 26.8 Å². The highest BCUT2D eigenvalue weighted by Gasteiger charge is 2.27. The maximum absolute atomic E-state index is 12.3. The van der Waals surface area contributed by atoms with Gasteiger partial charge in [0.2, 0.25) is 0 Å². The minimum atomic E-state index is -0.314. The van der Waals surface area contributed by atoms with Gasteiger partial charge in [0, 0.05) is 18.5 Å². The molecule has 19 heavy (non-hydrogen) atoms. The van der Waals surface area contributed by atoms with E-state index in [1.54, 1.807) is 4.90 Å². The average Bonchev–Trinajstić information content (AvgIpc) is 2.84. The Morgan fingerprint density at radius 2 is 2.32 bits per heavy atom. The summed E-state index contributed by atoms with van der Waals surface area (Å²) < 4.78 is 10.1. The molecule has 0 spiro atoms. The summed E-state index contributed by atoms with van der Waals surface area (Å²) in [6, 6.07) is 0. The van der Waals surface area contributed by atoms with Crippen molar-refractivity contribution in [2.45, 2.75) is 19.4 Å². The van der Waals surface area contributed by atoms with Crippen molar-refractivity contribution < 1.29 is 19.1 Å². The van der Waals surface area contributed by atoms with E-state index in [1.807, 2.05) is 17.7 Å². The Kier molecular flexibility index (Phi) is 4.55. The van der Waals surface area contributed by atoms with Crippen LogP contribution in [0.2, 0.25) is 0 Å². The number of hydrogen-bond donors (Lipinski definition) is 0. The van der Waals surface area contributed by atoms with E-state index in [0.717, 1.165) is 11.1 Å². The number of hydrogen-bond acceptors (Lipinski definition) is 5. The van der Waals surface area contributed by atoms with E-state index < -0.39 is 0 Å². The normalized spacial score (nSPS) is 19.3. The number of methoxy groups -OCH3 is 1. The highest BCUT2D eigenvalue weighted by molar-refractivity contribution is 7.08. The topological polar surface area (TPSA) is 55.8 Å². The predicted octanol–water partition coefficient (Wildman–Crippen LogP) is 1.46. The highest BCUT2D eigenvalue weighted by atomic mass is 32.1. The lowest BCUT2D eigenvalue weighted by Gasteiger charge is -2.32. The van der Waals surface area contributed by atoms with Crippen LogP contribution >= 0.6 is 11.3 Å². The maximum atomic E-state index is 12.3. The third-order valence-corrected chi connectivity index (χ3v) is 4.00. The number of thiophene rings is 1. The molecule has 1 atom stereocenters. The molecule has 104 valence electrons. The van der Waals surface area contributed by atoms with Crippen LogP contribution in [0, 0.1) is 6.92 Å². The molecule has 6 heteroatoms. The average molecular weight is 283 g/mol. The van der Waals surface area contributed by atoms with Gasteiger partial charge in [-0.2, -0.15) is 11.3 Å². The number of morpholine rings is 1. The zero-order chi connectivity index (χ0) is 13.8. The van der Waals surface area contributed by atoms with E-state index in [-0.39, 0.29) is 24.4 Å². The molecule has 0 aromatic carbocycles. The Balaban J connectivity index is 1.99. The SMILES string of the molecule is COC(=O)CC1CN(C(=O)c2cscc2C)CCO1. The quantitative estimate of drug-likeness (QED) is 0.788. The van der Waals surface area contributed by atoms with Gasteiger partial charge in [-0.05, 0) is 17.9 Å². The second kappa shape index (κ2) is 6.16. The lowest BCUT2D eigenvalue weighted by molar-refractivity contribution is -0.145. The van der Waals surface area contributed by atoms with Crippen LogP contribution in [0.15, 0.2) is 10.8 Å². The molecule has 1 aromatic rings. The number of carbonyl (C=O) groups excluding carboxylic acids is 2. The van der Waals surface area contributed by atoms with Gasteiger partial charge in [-0.15, -0.1) is 0 Å². The van der Waals surface area contributed by atoms with Crippen LogP contribution in [-0.2, 0) is 14.3 Å². The fraction of sp³-hybridized carbons (Fsp3) is 0.538. The summed E-state index contributed by atoms with van der Waals surface area (Å²) in [7, 11) is 1.35. The monoisotopic (exact) mass is 283 g/mol. The molecule has 0 aliphatic carbocycles. The molecule has 5 nitrogen and oxygen atoms in total. The van der Waals surface area contributed by atoms with Crippen LogP contribution in [0.5, 0.6) is 0 Å². The first-order valence-electron chi connectivity index (χ1n) is 6.12. The highest BCUT2D eigenvalue weighted by Crippen LogP contribution is 2.18. The molecule has 0 saturated carbocycles. The number of carbonyl (C=O) groups is 2. The van der Waals surface area contributed by atoms with Crippen molar-refractivity contribution in [2.24, 2.45) is 0 Å². The summed E-state index contributed by atoms with van der Waals surface area (Å²) >= 11 is 1.52. The van der Waals surface area contributed by atoms with E-state index in [4.69, 9.17) is 4.74 Å². The second-order valence-corrected chi connectivity index (χ2v) is 5.24. The van der Waals surface area contributed by atoms with E-state index in [2.05, 4.69) is 4.74 Å². The largest absolute Gasteiger partial charge is 0.469 e. The molecule has 2 rings (SSSR count). The Morgan fingerprint density at radius 3 is 2.95 bits per heavy atom. The minimum Gasteiger partial charge on any atom is -0.469 e. The van der Waals surface area contributed by atoms with Crippen molar-refractivity contribution in [1.29, 1.82) is 0 Å². The Hall–Kier alpha value is -1.40. The lowest BCUT2D eigenvalue weighted by atomic mass is 10.1. The summed E-state index contributed by atoms with van der Waals surface area (Å²) in [5.74, 6) is -0.303. The number of esters is 1. The number of ether oxygens (including phenoxy) is 2. The molecular formula is C13H17NO4S. The molecule has 1 saturated heterocycles. The van der Waals surface area contributed by atoms with Gasteiger partial charge < -0.3 is 14.4 Å². The Morgan fingerprint density at radius 1 is 1.53 bits per heavy atom. The third-order valence-electron chi connectivity index (χ3n) is 3.13. The van der Waals surface area contributed by atoms with E-state index in [9.17, 15) is 9.59 Å². The van der Waals surface area contributed by atoms with Crippen molar-refractivity contribution in [3.05, 3.63) is 21.9 Å². The predicted molar refractivity (Wildman–Crippen MR) is 71.3 cm³/mol. The van der Waals surface area contributed by atoms with E-state index >= 15 is 0 Å². The van der Waals surface area contributed by atoms with E-state index in [0.29, 0.717) is 19.7 Å². The summed E-state index contributed by atoms with van der Waals surface area (Å²) in [5.41, 5.74) is 1.73. The van der Waals surface area contributed by atoms with Crippen molar-refractivity contribution in [3.63, 3.8) is 0 Å². The molecule has 0 radical (unpaired) electrons. The molecule has 2 heterocycles. The molecule has 1 aliphatic heterocycles. The fourth-order valence-electron chi connectivity index (χ4n) is 2.05. The molecule has 1 aliphatic rings. The van der Waals surface area contributed by atoms with Gasteiger partial charge in [-0.25, -0.2) is 0 Å². The molecule has 1 amide bonds. The van der Waals surface area contributed by atoms with Crippen LogP contribution in [0.4, 0.5) is 0 Å². The van der Waals surface area contributed by atoms with Crippen LogP contribution in [-0.4, -0.2) is 49.7 Å². The zero-order valence-corrected chi connectivity index (χ0v) is 11.9. The molecule has 1 unspecified atom stereocenters. The second-order valence-electron chi connectivity index (χ2n) is 4.49. The van der Waals surface area contributed by atoms with Gasteiger partial charge in [0.1, 0.15) is 0 Å². The van der Waals surface area contributed by atoms with Gasteiger partial charge >= 0.3 is 5.97 Å². The summed E-state index contributed by atoms with van der Waals surface area (Å²) in [6.07, 6.45) is -0.0906. The van der Waals surface area contributed by atoms with Gasteiger partial charge in [0.25, 0.3) is 5.91 Å². The van der Waals surface area contributed by atoms with Crippen LogP contribution in [0.1, 0.15) is 22.3 Å². The van der Waals surface area contributed by atoms with Crippen molar-refractivity contribution in [3.8, 4) is 0 Å². The smallest absolute Gasteiger partial charge is 0.308 e. The van der Waals surface area contributed by atoms with Gasteiger partial charge in [0.15, 0.2) is 0 Å². The lowest BCUT2D eigenvalue weighted by Crippen LogP contribution is -2.46. The summed E-state index contributed by atoms with van der Waals surface area (Å²) in [6.45, 7) is 3.38. The minimum absolute atomic E-state index is 0.0110. The number of amides is 1. The first-order valence-corrected chi connectivity index (χ1v) is 7.06. The summed E-state index contributed by atoms with van der Waals surface area (Å²) in [5, 5.41) is 3.82. The molecular weight excluding hydrogens is 266 g/mol. The number of nitrogens with zero attached hydrogens (tertiary/aromatic N) is 1. The van der Waals surface area contributed by atoms with Crippen molar-refractivity contribution in [1.82, 2.24) is 4.90 Å². The molecule has 0 bridgehead atoms. The van der Waals surface area contributed by atoms with Crippen molar-refractivity contribution >= 4 is 23.2 Å². The van der Waals surface area contributed by atoms with Gasteiger partial charge in [-0.1, -0.05) is 0 Å². The Labute approximate surface area is 116 Å². The van der Waals surface area contributed by atoms with Crippen LogP contribution < -0.4 is 0 Å². The molecule has 1 aromatic heterocycles. The first kappa shape index (κ1) is 14.0. The standard InChI is InChI=1S/C13H17NO4S/c1-9-7-19-8-11(9)13(16)14-3-4-18-10(6-14)5-12(15)17-2/h7-8,10H,3-6H2,1-2H3. The van der Waals surface area contributed by atoms with Gasteiger partial charge in [0.05, 0.1) is 31.8 Å².